The van der Waals surface area contributed by atoms with Gasteiger partial charge < -0.3 is 20.6 Å². The van der Waals surface area contributed by atoms with Gasteiger partial charge in [-0.3, -0.25) is 14.4 Å². The maximum atomic E-state index is 12.7. The molecule has 1 heterocycles. The highest BCUT2D eigenvalue weighted by Gasteiger charge is 2.44. The smallest absolute Gasteiger partial charge is 0.326 e. The number of hydrogen-bond acceptors (Lipinski definition) is 6. The molecule has 1 rings (SSSR count). The molecule has 4 atom stereocenters. The van der Waals surface area contributed by atoms with Crippen LogP contribution in [-0.2, 0) is 19.2 Å². The molecule has 0 bridgehead atoms. The quantitative estimate of drug-likeness (QED) is 0.396. The number of aliphatic carboxylic acids is 1. The van der Waals surface area contributed by atoms with Gasteiger partial charge >= 0.3 is 5.97 Å². The average Bonchev–Trinajstić information content (AvgIpc) is 2.86. The number of carboxylic acids is 1. The van der Waals surface area contributed by atoms with Crippen molar-refractivity contribution in [3.05, 3.63) is 0 Å². The van der Waals surface area contributed by atoms with E-state index in [0.29, 0.717) is 37.2 Å². The Bertz CT molecular complexity index is 520. The molecule has 0 radical (unpaired) electrons. The summed E-state index contributed by atoms with van der Waals surface area (Å²) in [4.78, 5) is 48.8. The third-order valence-corrected chi connectivity index (χ3v) is 5.62. The summed E-state index contributed by atoms with van der Waals surface area (Å²) in [5.41, 5.74) is 0. The SMILES string of the molecule is CSCCC(NC=O)C(=O)NC1CC(C)N(C(CCSC)C(=O)O)C1=O. The van der Waals surface area contributed by atoms with Crippen LogP contribution in [-0.4, -0.2) is 82.4 Å². The van der Waals surface area contributed by atoms with Gasteiger partial charge in [-0.05, 0) is 50.2 Å². The Morgan fingerprint density at radius 1 is 1.31 bits per heavy atom. The van der Waals surface area contributed by atoms with E-state index >= 15 is 0 Å². The van der Waals surface area contributed by atoms with E-state index in [9.17, 15) is 24.3 Å². The van der Waals surface area contributed by atoms with Gasteiger partial charge in [-0.25, -0.2) is 4.79 Å². The number of rotatable bonds is 12. The van der Waals surface area contributed by atoms with E-state index in [1.165, 1.54) is 16.7 Å². The molecule has 3 amide bonds. The zero-order valence-corrected chi connectivity index (χ0v) is 16.9. The Morgan fingerprint density at radius 3 is 2.46 bits per heavy atom. The third-order valence-electron chi connectivity index (χ3n) is 4.33. The molecule has 0 spiro atoms. The molecule has 1 aliphatic heterocycles. The van der Waals surface area contributed by atoms with Crippen molar-refractivity contribution in [1.29, 1.82) is 0 Å². The van der Waals surface area contributed by atoms with E-state index in [1.807, 2.05) is 12.5 Å². The van der Waals surface area contributed by atoms with E-state index in [-0.39, 0.29) is 11.9 Å². The first-order valence-electron chi connectivity index (χ1n) is 8.40. The predicted molar refractivity (Wildman–Crippen MR) is 103 cm³/mol. The molecular weight excluding hydrogens is 378 g/mol. The normalized spacial score (nSPS) is 22.0. The standard InChI is InChI=1S/C16H27N3O5S2/c1-10-8-12(18-14(21)11(17-9-20)4-6-25-2)15(22)19(10)13(16(23)24)5-7-26-3/h9-13H,4-8H2,1-3H3,(H,17,20)(H,18,21)(H,23,24). The van der Waals surface area contributed by atoms with Gasteiger partial charge in [-0.2, -0.15) is 23.5 Å². The second kappa shape index (κ2) is 11.3. The van der Waals surface area contributed by atoms with Crippen LogP contribution in [0.2, 0.25) is 0 Å². The van der Waals surface area contributed by atoms with Crippen LogP contribution in [0.5, 0.6) is 0 Å². The lowest BCUT2D eigenvalue weighted by Crippen LogP contribution is -2.52. The van der Waals surface area contributed by atoms with Crippen LogP contribution < -0.4 is 10.6 Å². The Labute approximate surface area is 162 Å². The minimum absolute atomic E-state index is 0.278. The summed E-state index contributed by atoms with van der Waals surface area (Å²) >= 11 is 3.08. The van der Waals surface area contributed by atoms with E-state index < -0.39 is 30.0 Å². The number of carbonyl (C=O) groups excluding carboxylic acids is 3. The molecular formula is C16H27N3O5S2. The predicted octanol–water partition coefficient (Wildman–Crippen LogP) is 0.166. The van der Waals surface area contributed by atoms with E-state index in [0.717, 1.165) is 0 Å². The number of nitrogens with one attached hydrogen (secondary N) is 2. The molecule has 0 aromatic heterocycles. The Morgan fingerprint density at radius 2 is 1.92 bits per heavy atom. The average molecular weight is 406 g/mol. The van der Waals surface area contributed by atoms with Crippen LogP contribution >= 0.6 is 23.5 Å². The monoisotopic (exact) mass is 405 g/mol. The third kappa shape index (κ3) is 6.08. The minimum Gasteiger partial charge on any atom is -0.480 e. The van der Waals surface area contributed by atoms with Crippen molar-refractivity contribution in [3.63, 3.8) is 0 Å². The molecule has 1 saturated heterocycles. The number of nitrogens with zero attached hydrogens (tertiary/aromatic N) is 1. The van der Waals surface area contributed by atoms with E-state index in [2.05, 4.69) is 10.6 Å². The van der Waals surface area contributed by atoms with Crippen molar-refractivity contribution in [2.45, 2.75) is 50.4 Å². The van der Waals surface area contributed by atoms with Crippen LogP contribution in [0.25, 0.3) is 0 Å². The highest BCUT2D eigenvalue weighted by molar-refractivity contribution is 7.98. The van der Waals surface area contributed by atoms with Crippen LogP contribution in [0.3, 0.4) is 0 Å². The van der Waals surface area contributed by atoms with Gasteiger partial charge in [0.2, 0.25) is 18.2 Å². The van der Waals surface area contributed by atoms with Gasteiger partial charge in [-0.15, -0.1) is 0 Å². The maximum absolute atomic E-state index is 12.7. The summed E-state index contributed by atoms with van der Waals surface area (Å²) in [5, 5.41) is 14.6. The summed E-state index contributed by atoms with van der Waals surface area (Å²) in [7, 11) is 0. The van der Waals surface area contributed by atoms with E-state index in [4.69, 9.17) is 0 Å². The number of thioether (sulfide) groups is 2. The van der Waals surface area contributed by atoms with Gasteiger partial charge in [0.25, 0.3) is 0 Å². The Hall–Kier alpha value is -1.42. The molecule has 148 valence electrons. The second-order valence-electron chi connectivity index (χ2n) is 6.15. The first-order valence-corrected chi connectivity index (χ1v) is 11.2. The van der Waals surface area contributed by atoms with Crippen LogP contribution in [0, 0.1) is 0 Å². The van der Waals surface area contributed by atoms with Crippen molar-refractivity contribution in [2.24, 2.45) is 0 Å². The van der Waals surface area contributed by atoms with Gasteiger partial charge in [-0.1, -0.05) is 0 Å². The zero-order valence-electron chi connectivity index (χ0n) is 15.3. The second-order valence-corrected chi connectivity index (χ2v) is 8.12. The maximum Gasteiger partial charge on any atom is 0.326 e. The fraction of sp³-hybridized carbons (Fsp3) is 0.750. The highest BCUT2D eigenvalue weighted by Crippen LogP contribution is 2.24. The topological polar surface area (TPSA) is 116 Å². The van der Waals surface area contributed by atoms with Crippen molar-refractivity contribution in [1.82, 2.24) is 15.5 Å². The summed E-state index contributed by atoms with van der Waals surface area (Å²) < 4.78 is 0. The van der Waals surface area contributed by atoms with Crippen molar-refractivity contribution < 1.29 is 24.3 Å². The van der Waals surface area contributed by atoms with Gasteiger partial charge in [0.15, 0.2) is 0 Å². The number of amides is 3. The molecule has 1 aliphatic rings. The molecule has 26 heavy (non-hydrogen) atoms. The molecule has 3 N–H and O–H groups in total. The number of carboxylic acid groups (broad SMARTS) is 1. The lowest BCUT2D eigenvalue weighted by Gasteiger charge is -2.28. The minimum atomic E-state index is -1.04. The molecule has 10 heteroatoms. The molecule has 0 aromatic carbocycles. The number of likely N-dealkylation sites (tertiary alicyclic amines) is 1. The van der Waals surface area contributed by atoms with Gasteiger partial charge in [0.1, 0.15) is 18.1 Å². The van der Waals surface area contributed by atoms with Crippen molar-refractivity contribution in [3.8, 4) is 0 Å². The number of hydrogen-bond donors (Lipinski definition) is 3. The molecule has 0 saturated carbocycles. The molecule has 4 unspecified atom stereocenters. The number of carbonyl (C=O) groups is 4. The van der Waals surface area contributed by atoms with Gasteiger partial charge in [0.05, 0.1) is 0 Å². The molecule has 1 fully saturated rings. The summed E-state index contributed by atoms with van der Waals surface area (Å²) in [6.07, 6.45) is 5.42. The van der Waals surface area contributed by atoms with Crippen LogP contribution in [0.15, 0.2) is 0 Å². The first-order chi connectivity index (χ1) is 12.4. The Balaban J connectivity index is 2.80. The molecule has 0 aromatic rings. The van der Waals surface area contributed by atoms with E-state index in [1.54, 1.807) is 18.7 Å². The van der Waals surface area contributed by atoms with Crippen LogP contribution in [0.1, 0.15) is 26.2 Å². The fourth-order valence-electron chi connectivity index (χ4n) is 3.03. The Kier molecular flexibility index (Phi) is 9.85. The first kappa shape index (κ1) is 22.6. The van der Waals surface area contributed by atoms with Crippen molar-refractivity contribution in [2.75, 3.05) is 24.0 Å². The zero-order chi connectivity index (χ0) is 19.7. The molecule has 8 nitrogen and oxygen atoms in total. The highest BCUT2D eigenvalue weighted by atomic mass is 32.2. The van der Waals surface area contributed by atoms with Gasteiger partial charge in [0, 0.05) is 6.04 Å². The molecule has 0 aliphatic carbocycles. The summed E-state index contributed by atoms with van der Waals surface area (Å²) in [6, 6.07) is -2.64. The van der Waals surface area contributed by atoms with Crippen molar-refractivity contribution >= 4 is 47.7 Å². The summed E-state index contributed by atoms with van der Waals surface area (Å²) in [5.74, 6) is -0.518. The lowest BCUT2D eigenvalue weighted by molar-refractivity contribution is -0.150. The fourth-order valence-corrected chi connectivity index (χ4v) is 3.96. The summed E-state index contributed by atoms with van der Waals surface area (Å²) in [6.45, 7) is 1.79. The lowest BCUT2D eigenvalue weighted by atomic mass is 10.1. The van der Waals surface area contributed by atoms with Crippen LogP contribution in [0.4, 0.5) is 0 Å². The largest absolute Gasteiger partial charge is 0.480 e.